The first-order valence-electron chi connectivity index (χ1n) is 14.8. The number of nitro groups is 2. The first-order chi connectivity index (χ1) is 23.3. The van der Waals surface area contributed by atoms with E-state index in [0.29, 0.717) is 23.0 Å². The predicted octanol–water partition coefficient (Wildman–Crippen LogP) is 9.78. The standard InChI is InChI=1S/C38H30N4O6/c1-3-37(39-25-27-5-17-33(18-6-27)47-35-21-13-31(14-22-35)41(43)44)29-9-11-30(12-10-29)38(4-2)40-26-28-7-19-34(20-8-28)48-36-23-15-32(16-24-36)42(45)46/h3-26,37-38H,1-2H2. The van der Waals surface area contributed by atoms with Crippen molar-refractivity contribution < 1.29 is 19.3 Å². The second kappa shape index (κ2) is 15.5. The Hall–Kier alpha value is -6.68. The van der Waals surface area contributed by atoms with Crippen LogP contribution < -0.4 is 9.47 Å². The molecule has 2 atom stereocenters. The van der Waals surface area contributed by atoms with Crippen LogP contribution in [-0.2, 0) is 0 Å². The van der Waals surface area contributed by atoms with Crippen LogP contribution in [0.4, 0.5) is 11.4 Å². The summed E-state index contributed by atoms with van der Waals surface area (Å²) in [4.78, 5) is 30.2. The van der Waals surface area contributed by atoms with Crippen molar-refractivity contribution in [2.24, 2.45) is 9.98 Å². The molecule has 10 nitrogen and oxygen atoms in total. The third kappa shape index (κ3) is 8.73. The molecule has 0 heterocycles. The number of benzene rings is 5. The molecule has 5 rings (SSSR count). The van der Waals surface area contributed by atoms with E-state index in [-0.39, 0.29) is 23.5 Å². The average molecular weight is 639 g/mol. The Morgan fingerprint density at radius 3 is 1.06 bits per heavy atom. The van der Waals surface area contributed by atoms with E-state index < -0.39 is 9.85 Å². The molecule has 5 aromatic carbocycles. The van der Waals surface area contributed by atoms with Crippen LogP contribution in [-0.4, -0.2) is 22.3 Å². The van der Waals surface area contributed by atoms with Crippen molar-refractivity contribution in [3.63, 3.8) is 0 Å². The molecule has 0 spiro atoms. The topological polar surface area (TPSA) is 129 Å². The van der Waals surface area contributed by atoms with Gasteiger partial charge in [0.1, 0.15) is 23.0 Å². The maximum absolute atomic E-state index is 10.8. The molecule has 238 valence electrons. The monoisotopic (exact) mass is 638 g/mol. The van der Waals surface area contributed by atoms with E-state index in [1.807, 2.05) is 48.5 Å². The second-order valence-corrected chi connectivity index (χ2v) is 10.4. The predicted molar refractivity (Wildman–Crippen MR) is 187 cm³/mol. The van der Waals surface area contributed by atoms with Crippen molar-refractivity contribution in [1.82, 2.24) is 0 Å². The van der Waals surface area contributed by atoms with Crippen LogP contribution in [0.3, 0.4) is 0 Å². The lowest BCUT2D eigenvalue weighted by Gasteiger charge is -2.12. The third-order valence-corrected chi connectivity index (χ3v) is 7.16. The van der Waals surface area contributed by atoms with Gasteiger partial charge in [-0.15, -0.1) is 13.2 Å². The van der Waals surface area contributed by atoms with E-state index >= 15 is 0 Å². The Kier molecular flexibility index (Phi) is 10.6. The highest BCUT2D eigenvalue weighted by Gasteiger charge is 2.10. The summed E-state index contributed by atoms with van der Waals surface area (Å²) in [7, 11) is 0. The lowest BCUT2D eigenvalue weighted by molar-refractivity contribution is -0.385. The summed E-state index contributed by atoms with van der Waals surface area (Å²) < 4.78 is 11.6. The van der Waals surface area contributed by atoms with E-state index in [1.54, 1.807) is 73.1 Å². The van der Waals surface area contributed by atoms with Gasteiger partial charge in [-0.1, -0.05) is 36.4 Å². The Morgan fingerprint density at radius 2 is 0.792 bits per heavy atom. The summed E-state index contributed by atoms with van der Waals surface area (Å²) in [5.74, 6) is 2.21. The molecule has 10 heteroatoms. The van der Waals surface area contributed by atoms with E-state index in [4.69, 9.17) is 19.5 Å². The first-order valence-corrected chi connectivity index (χ1v) is 14.8. The van der Waals surface area contributed by atoms with E-state index in [2.05, 4.69) is 13.2 Å². The van der Waals surface area contributed by atoms with Crippen molar-refractivity contribution >= 4 is 23.8 Å². The van der Waals surface area contributed by atoms with Crippen LogP contribution in [0.5, 0.6) is 23.0 Å². The van der Waals surface area contributed by atoms with E-state index in [0.717, 1.165) is 22.3 Å². The number of nitro benzene ring substituents is 2. The maximum atomic E-state index is 10.8. The summed E-state index contributed by atoms with van der Waals surface area (Å²) >= 11 is 0. The fraction of sp³-hybridized carbons (Fsp3) is 0.0526. The molecule has 48 heavy (non-hydrogen) atoms. The average Bonchev–Trinajstić information content (AvgIpc) is 3.11. The number of hydrogen-bond acceptors (Lipinski definition) is 8. The summed E-state index contributed by atoms with van der Waals surface area (Å²) in [5.41, 5.74) is 3.70. The van der Waals surface area contributed by atoms with Crippen molar-refractivity contribution in [3.05, 3.63) is 189 Å². The second-order valence-electron chi connectivity index (χ2n) is 10.4. The summed E-state index contributed by atoms with van der Waals surface area (Å²) in [5, 5.41) is 21.7. The largest absolute Gasteiger partial charge is 0.457 e. The van der Waals surface area contributed by atoms with E-state index in [9.17, 15) is 20.2 Å². The molecule has 0 bridgehead atoms. The zero-order valence-electron chi connectivity index (χ0n) is 25.7. The number of non-ortho nitro benzene ring substituents is 2. The summed E-state index contributed by atoms with van der Waals surface area (Å²) in [6.45, 7) is 7.91. The zero-order chi connectivity index (χ0) is 33.9. The Balaban J connectivity index is 1.16. The van der Waals surface area contributed by atoms with E-state index in [1.165, 1.54) is 24.3 Å². The maximum Gasteiger partial charge on any atom is 0.269 e. The zero-order valence-corrected chi connectivity index (χ0v) is 25.7. The van der Waals surface area contributed by atoms with Gasteiger partial charge in [-0.3, -0.25) is 30.2 Å². The fourth-order valence-corrected chi connectivity index (χ4v) is 4.58. The van der Waals surface area contributed by atoms with Gasteiger partial charge < -0.3 is 9.47 Å². The quantitative estimate of drug-likeness (QED) is 0.0515. The normalized spacial score (nSPS) is 12.3. The molecule has 0 aromatic heterocycles. The molecule has 5 aromatic rings. The van der Waals surface area contributed by atoms with Crippen molar-refractivity contribution in [2.45, 2.75) is 12.1 Å². The van der Waals surface area contributed by atoms with Crippen LogP contribution in [0.15, 0.2) is 157 Å². The Morgan fingerprint density at radius 1 is 0.500 bits per heavy atom. The smallest absolute Gasteiger partial charge is 0.269 e. The summed E-state index contributed by atoms with van der Waals surface area (Å²) in [6, 6.07) is 34.0. The van der Waals surface area contributed by atoms with Gasteiger partial charge in [0.05, 0.1) is 21.9 Å². The molecular formula is C38H30N4O6. The van der Waals surface area contributed by atoms with Crippen LogP contribution in [0.2, 0.25) is 0 Å². The molecule has 0 amide bonds. The lowest BCUT2D eigenvalue weighted by atomic mass is 10.0. The van der Waals surface area contributed by atoms with Crippen LogP contribution in [0.25, 0.3) is 0 Å². The van der Waals surface area contributed by atoms with Gasteiger partial charge in [0.25, 0.3) is 11.4 Å². The molecule has 0 saturated carbocycles. The van der Waals surface area contributed by atoms with Gasteiger partial charge in [-0.05, 0) is 95.1 Å². The fourth-order valence-electron chi connectivity index (χ4n) is 4.58. The van der Waals surface area contributed by atoms with Gasteiger partial charge in [-0.25, -0.2) is 0 Å². The number of aliphatic imine (C=N–C) groups is 2. The molecule has 0 aliphatic carbocycles. The minimum absolute atomic E-state index is 0.00405. The summed E-state index contributed by atoms with van der Waals surface area (Å²) in [6.07, 6.45) is 7.09. The van der Waals surface area contributed by atoms with Crippen molar-refractivity contribution in [3.8, 4) is 23.0 Å². The van der Waals surface area contributed by atoms with Gasteiger partial charge in [-0.2, -0.15) is 0 Å². The third-order valence-electron chi connectivity index (χ3n) is 7.16. The number of hydrogen-bond donors (Lipinski definition) is 0. The van der Waals surface area contributed by atoms with Crippen LogP contribution in [0.1, 0.15) is 34.3 Å². The molecule has 2 unspecified atom stereocenters. The highest BCUT2D eigenvalue weighted by atomic mass is 16.6. The molecular weight excluding hydrogens is 608 g/mol. The molecule has 0 radical (unpaired) electrons. The first kappa shape index (κ1) is 32.7. The molecule has 0 aliphatic heterocycles. The molecule has 0 fully saturated rings. The minimum Gasteiger partial charge on any atom is -0.457 e. The van der Waals surface area contributed by atoms with Crippen molar-refractivity contribution in [2.75, 3.05) is 0 Å². The Bertz CT molecular complexity index is 1790. The SMILES string of the molecule is C=CC(N=Cc1ccc(Oc2ccc([N+](=O)[O-])cc2)cc1)c1ccc(C(C=C)N=Cc2ccc(Oc3ccc([N+](=O)[O-])cc3)cc2)cc1. The van der Waals surface area contributed by atoms with Gasteiger partial charge in [0, 0.05) is 36.7 Å². The number of nitrogens with zero attached hydrogens (tertiary/aromatic N) is 4. The van der Waals surface area contributed by atoms with Crippen molar-refractivity contribution in [1.29, 1.82) is 0 Å². The number of rotatable bonds is 14. The van der Waals surface area contributed by atoms with Gasteiger partial charge in [0.2, 0.25) is 0 Å². The molecule has 0 saturated heterocycles. The van der Waals surface area contributed by atoms with Gasteiger partial charge >= 0.3 is 0 Å². The lowest BCUT2D eigenvalue weighted by Crippen LogP contribution is -1.96. The van der Waals surface area contributed by atoms with Crippen LogP contribution >= 0.6 is 0 Å². The highest BCUT2D eigenvalue weighted by Crippen LogP contribution is 2.27. The molecule has 0 aliphatic rings. The highest BCUT2D eigenvalue weighted by molar-refractivity contribution is 5.80. The van der Waals surface area contributed by atoms with Gasteiger partial charge in [0.15, 0.2) is 0 Å². The molecule has 0 N–H and O–H groups in total. The van der Waals surface area contributed by atoms with Crippen LogP contribution in [0, 0.1) is 20.2 Å². The number of ether oxygens (including phenoxy) is 2. The Labute approximate surface area is 277 Å². The minimum atomic E-state index is -0.453.